The Morgan fingerprint density at radius 3 is 0.696 bits per heavy atom. The van der Waals surface area contributed by atoms with Gasteiger partial charge in [-0.25, -0.2) is 26.3 Å². The first kappa shape index (κ1) is 39.7. The van der Waals surface area contributed by atoms with Crippen LogP contribution < -0.4 is 0 Å². The fraction of sp³-hybridized carbons (Fsp3) is 0.250. The molecule has 0 unspecified atom stereocenters. The van der Waals surface area contributed by atoms with Gasteiger partial charge in [-0.15, -0.1) is 0 Å². The van der Waals surface area contributed by atoms with Crippen molar-refractivity contribution in [2.75, 3.05) is 0 Å². The summed E-state index contributed by atoms with van der Waals surface area (Å²) in [4.78, 5) is 0. The molecule has 0 fully saturated rings. The third-order valence-corrected chi connectivity index (χ3v) is 6.72. The number of halogens is 6. The van der Waals surface area contributed by atoms with Crippen LogP contribution in [0.4, 0.5) is 26.3 Å². The summed E-state index contributed by atoms with van der Waals surface area (Å²) < 4.78 is 75.6. The van der Waals surface area contributed by atoms with Crippen LogP contribution >= 0.6 is 0 Å². The fourth-order valence-corrected chi connectivity index (χ4v) is 3.58. The van der Waals surface area contributed by atoms with E-state index in [1.807, 2.05) is 26.0 Å². The van der Waals surface area contributed by atoms with Crippen molar-refractivity contribution in [3.8, 4) is 0 Å². The van der Waals surface area contributed by atoms with E-state index in [1.165, 1.54) is 61.4 Å². The van der Waals surface area contributed by atoms with Gasteiger partial charge in [-0.3, -0.25) is 0 Å². The number of hydrogen-bond acceptors (Lipinski definition) is 0. The van der Waals surface area contributed by atoms with Gasteiger partial charge in [-0.2, -0.15) is 0 Å². The Balaban J connectivity index is 0.000000288. The average Bonchev–Trinajstić information content (AvgIpc) is 2.97. The van der Waals surface area contributed by atoms with Crippen molar-refractivity contribution in [3.63, 3.8) is 0 Å². The molecule has 0 bridgehead atoms. The topological polar surface area (TPSA) is 0 Å². The number of benzene rings is 5. The van der Waals surface area contributed by atoms with Crippen LogP contribution in [0, 0.1) is 104 Å². The molecule has 0 atom stereocenters. The SMILES string of the molecule is Cc1cc(F)c(C)c(F)c1.Cc1cc(F)c(C)c(F)c1.Cc1ccc(C)c(F)c1.Cc1ccc(C)c(F)c1.Cc1ccc(C)cc1. The molecule has 5 aromatic carbocycles. The maximum atomic E-state index is 12.6. The van der Waals surface area contributed by atoms with Crippen LogP contribution in [0.5, 0.6) is 0 Å². The van der Waals surface area contributed by atoms with Gasteiger partial charge in [0, 0.05) is 11.1 Å². The number of hydrogen-bond donors (Lipinski definition) is 0. The van der Waals surface area contributed by atoms with Gasteiger partial charge in [-0.05, 0) is 139 Å². The summed E-state index contributed by atoms with van der Waals surface area (Å²) in [7, 11) is 0. The molecule has 0 nitrogen and oxygen atoms in total. The van der Waals surface area contributed by atoms with Crippen LogP contribution in [0.25, 0.3) is 0 Å². The van der Waals surface area contributed by atoms with Crippen molar-refractivity contribution in [1.29, 1.82) is 0 Å². The summed E-state index contributed by atoms with van der Waals surface area (Å²) in [5.41, 5.74) is 7.42. The Hall–Kier alpha value is -4.32. The second-order valence-corrected chi connectivity index (χ2v) is 11.4. The molecule has 46 heavy (non-hydrogen) atoms. The molecule has 0 heterocycles. The second-order valence-electron chi connectivity index (χ2n) is 11.4. The highest BCUT2D eigenvalue weighted by atomic mass is 19.2. The number of aryl methyl sites for hydroxylation is 8. The standard InChI is InChI=1S/2C8H8F2.2C8H9F.C8H10/c2*1-5-3-7(9)6(2)8(10)4-5;2*1-6-3-4-7(2)8(9)5-6;1-7-3-5-8(2)6-4-7/h2*3-4H,1-2H3;2*3-5H,1-2H3;3-6H,1-2H3. The third kappa shape index (κ3) is 14.6. The van der Waals surface area contributed by atoms with Gasteiger partial charge >= 0.3 is 0 Å². The summed E-state index contributed by atoms with van der Waals surface area (Å²) in [6.45, 7) is 17.6. The van der Waals surface area contributed by atoms with E-state index >= 15 is 0 Å². The van der Waals surface area contributed by atoms with E-state index in [-0.39, 0.29) is 22.8 Å². The maximum absolute atomic E-state index is 12.6. The monoisotopic (exact) mass is 638 g/mol. The molecule has 0 amide bonds. The summed E-state index contributed by atoms with van der Waals surface area (Å²) in [6.07, 6.45) is 0. The highest BCUT2D eigenvalue weighted by molar-refractivity contribution is 5.25. The number of rotatable bonds is 0. The second kappa shape index (κ2) is 19.3. The molecule has 0 aliphatic rings. The highest BCUT2D eigenvalue weighted by Crippen LogP contribution is 2.14. The van der Waals surface area contributed by atoms with Gasteiger partial charge in [0.05, 0.1) is 0 Å². The van der Waals surface area contributed by atoms with Crippen molar-refractivity contribution in [3.05, 3.63) is 175 Å². The predicted molar refractivity (Wildman–Crippen MR) is 179 cm³/mol. The molecule has 0 saturated carbocycles. The Morgan fingerprint density at radius 2 is 0.478 bits per heavy atom. The van der Waals surface area contributed by atoms with Gasteiger partial charge in [0.2, 0.25) is 0 Å². The summed E-state index contributed by atoms with van der Waals surface area (Å²) in [5, 5.41) is 0. The van der Waals surface area contributed by atoms with Crippen molar-refractivity contribution in [1.82, 2.24) is 0 Å². The highest BCUT2D eigenvalue weighted by Gasteiger charge is 2.04. The maximum Gasteiger partial charge on any atom is 0.129 e. The molecule has 0 aliphatic heterocycles. The molecular weight excluding hydrogens is 594 g/mol. The van der Waals surface area contributed by atoms with Crippen molar-refractivity contribution in [2.24, 2.45) is 0 Å². The zero-order valence-corrected chi connectivity index (χ0v) is 28.4. The Labute approximate surface area is 270 Å². The fourth-order valence-electron chi connectivity index (χ4n) is 3.58. The van der Waals surface area contributed by atoms with Crippen LogP contribution in [0.3, 0.4) is 0 Å². The van der Waals surface area contributed by atoms with E-state index in [0.29, 0.717) is 22.3 Å². The van der Waals surface area contributed by atoms with E-state index < -0.39 is 23.3 Å². The average molecular weight is 639 g/mol. The van der Waals surface area contributed by atoms with E-state index in [4.69, 9.17) is 0 Å². The van der Waals surface area contributed by atoms with Gasteiger partial charge in [0.1, 0.15) is 34.9 Å². The van der Waals surface area contributed by atoms with E-state index in [2.05, 4.69) is 38.1 Å². The van der Waals surface area contributed by atoms with Crippen molar-refractivity contribution >= 4 is 0 Å². The van der Waals surface area contributed by atoms with Gasteiger partial charge < -0.3 is 0 Å². The first-order chi connectivity index (χ1) is 21.4. The van der Waals surface area contributed by atoms with Gasteiger partial charge in [0.25, 0.3) is 0 Å². The molecule has 0 saturated heterocycles. The lowest BCUT2D eigenvalue weighted by Crippen LogP contribution is -1.89. The first-order valence-corrected chi connectivity index (χ1v) is 14.7. The lowest BCUT2D eigenvalue weighted by atomic mass is 10.1. The molecule has 0 N–H and O–H groups in total. The van der Waals surface area contributed by atoms with Crippen LogP contribution in [-0.4, -0.2) is 0 Å². The first-order valence-electron chi connectivity index (χ1n) is 14.7. The van der Waals surface area contributed by atoms with Gasteiger partial charge in [0.15, 0.2) is 0 Å². The minimum Gasteiger partial charge on any atom is -0.207 e. The summed E-state index contributed by atoms with van der Waals surface area (Å²) in [6, 6.07) is 24.2. The van der Waals surface area contributed by atoms with Crippen LogP contribution in [0.15, 0.2) is 84.9 Å². The molecule has 0 spiro atoms. The normalized spacial score (nSPS) is 9.74. The quantitative estimate of drug-likeness (QED) is 0.148. The summed E-state index contributed by atoms with van der Waals surface area (Å²) >= 11 is 0. The lowest BCUT2D eigenvalue weighted by Gasteiger charge is -1.98. The lowest BCUT2D eigenvalue weighted by molar-refractivity contribution is 0.565. The van der Waals surface area contributed by atoms with Gasteiger partial charge in [-0.1, -0.05) is 59.7 Å². The van der Waals surface area contributed by atoms with E-state index in [0.717, 1.165) is 11.1 Å². The minimum atomic E-state index is -0.475. The van der Waals surface area contributed by atoms with Crippen molar-refractivity contribution < 1.29 is 26.3 Å². The van der Waals surface area contributed by atoms with Crippen LogP contribution in [0.2, 0.25) is 0 Å². The van der Waals surface area contributed by atoms with E-state index in [9.17, 15) is 26.3 Å². The Bertz CT molecular complexity index is 1520. The zero-order valence-electron chi connectivity index (χ0n) is 28.4. The molecule has 0 radical (unpaired) electrons. The van der Waals surface area contributed by atoms with Crippen LogP contribution in [0.1, 0.15) is 55.6 Å². The molecule has 5 aromatic rings. The molecule has 0 aromatic heterocycles. The largest absolute Gasteiger partial charge is 0.207 e. The zero-order chi connectivity index (χ0) is 35.1. The third-order valence-electron chi connectivity index (χ3n) is 6.72. The molecule has 5 rings (SSSR count). The molecule has 6 heteroatoms. The Morgan fingerprint density at radius 1 is 0.261 bits per heavy atom. The van der Waals surface area contributed by atoms with Crippen molar-refractivity contribution in [2.45, 2.75) is 69.2 Å². The predicted octanol–water partition coefficient (Wildman–Crippen LogP) is 12.4. The molecule has 246 valence electrons. The smallest absolute Gasteiger partial charge is 0.129 e. The molecular formula is C40H44F6. The molecule has 0 aliphatic carbocycles. The summed E-state index contributed by atoms with van der Waals surface area (Å²) in [5.74, 6) is -2.13. The minimum absolute atomic E-state index is 0.0885. The Kier molecular flexibility index (Phi) is 16.6. The van der Waals surface area contributed by atoms with Crippen LogP contribution in [-0.2, 0) is 0 Å². The van der Waals surface area contributed by atoms with E-state index in [1.54, 1.807) is 39.8 Å².